The predicted octanol–water partition coefficient (Wildman–Crippen LogP) is 5.21. The molecule has 1 heterocycles. The van der Waals surface area contributed by atoms with Crippen LogP contribution in [0.1, 0.15) is 48.6 Å². The van der Waals surface area contributed by atoms with Crippen molar-refractivity contribution in [3.63, 3.8) is 0 Å². The zero-order valence-corrected chi connectivity index (χ0v) is 16.6. The van der Waals surface area contributed by atoms with Gasteiger partial charge in [0.25, 0.3) is 0 Å². The molecule has 0 N–H and O–H groups in total. The van der Waals surface area contributed by atoms with Crippen molar-refractivity contribution < 1.29 is 14.2 Å². The molecule has 5 rings (SSSR count). The van der Waals surface area contributed by atoms with E-state index in [1.54, 1.807) is 14.2 Å². The Morgan fingerprint density at radius 2 is 1.58 bits per heavy atom. The first-order chi connectivity index (χ1) is 12.7. The Balaban J connectivity index is 1.82. The maximum absolute atomic E-state index is 6.01. The summed E-state index contributed by atoms with van der Waals surface area (Å²) in [6.45, 7) is 2.30. The van der Waals surface area contributed by atoms with Crippen LogP contribution in [0.4, 0.5) is 0 Å². The van der Waals surface area contributed by atoms with Crippen molar-refractivity contribution in [3.05, 3.63) is 35.4 Å². The molecule has 2 saturated carbocycles. The summed E-state index contributed by atoms with van der Waals surface area (Å²) in [5, 5.41) is 1.36. The van der Waals surface area contributed by atoms with Gasteiger partial charge < -0.3 is 14.2 Å². The van der Waals surface area contributed by atoms with E-state index in [4.69, 9.17) is 14.2 Å². The van der Waals surface area contributed by atoms with Gasteiger partial charge in [-0.2, -0.15) is 0 Å². The fourth-order valence-electron chi connectivity index (χ4n) is 4.24. The van der Waals surface area contributed by atoms with Crippen molar-refractivity contribution in [2.75, 3.05) is 27.2 Å². The molecular weight excluding hydrogens is 343 g/mol. The molecular formula is C22H25O3P. The van der Waals surface area contributed by atoms with Gasteiger partial charge >= 0.3 is 0 Å². The third kappa shape index (κ3) is 2.52. The largest absolute Gasteiger partial charge is 0.496 e. The molecule has 0 radical (unpaired) electrons. The highest BCUT2D eigenvalue weighted by atomic mass is 31.1. The molecule has 0 unspecified atom stereocenters. The van der Waals surface area contributed by atoms with Gasteiger partial charge in [0.05, 0.1) is 19.8 Å². The Bertz CT molecular complexity index is 830. The van der Waals surface area contributed by atoms with Crippen molar-refractivity contribution in [2.24, 2.45) is 0 Å². The lowest BCUT2D eigenvalue weighted by Gasteiger charge is -2.22. The maximum Gasteiger partial charge on any atom is 0.133 e. The molecule has 1 atom stereocenters. The van der Waals surface area contributed by atoms with E-state index in [-0.39, 0.29) is 7.92 Å². The first-order valence-electron chi connectivity index (χ1n) is 9.49. The lowest BCUT2D eigenvalue weighted by molar-refractivity contribution is 0.391. The van der Waals surface area contributed by atoms with Gasteiger partial charge in [-0.3, -0.25) is 0 Å². The molecule has 2 aromatic carbocycles. The Morgan fingerprint density at radius 1 is 0.962 bits per heavy atom. The summed E-state index contributed by atoms with van der Waals surface area (Å²) in [5.74, 6) is 4.34. The second-order valence-corrected chi connectivity index (χ2v) is 9.77. The van der Waals surface area contributed by atoms with Gasteiger partial charge in [0.15, 0.2) is 0 Å². The van der Waals surface area contributed by atoms with E-state index in [2.05, 4.69) is 30.9 Å². The minimum absolute atomic E-state index is 0.312. The minimum atomic E-state index is -0.312. The molecule has 3 aliphatic rings. The Morgan fingerprint density at radius 3 is 2.12 bits per heavy atom. The Hall–Kier alpha value is -1.73. The van der Waals surface area contributed by atoms with Crippen LogP contribution in [-0.2, 0) is 0 Å². The van der Waals surface area contributed by atoms with Gasteiger partial charge in [-0.1, -0.05) is 12.1 Å². The Labute approximate surface area is 156 Å². The SMILES string of the molecule is COc1c(C2CC2)cc(C2CC2)c(OC)c1-c1cccc2c1[P@@](C)CO2. The van der Waals surface area contributed by atoms with Crippen LogP contribution < -0.4 is 19.5 Å². The van der Waals surface area contributed by atoms with E-state index in [0.29, 0.717) is 11.8 Å². The molecule has 2 aliphatic carbocycles. The van der Waals surface area contributed by atoms with Crippen LogP contribution in [0, 0.1) is 0 Å². The van der Waals surface area contributed by atoms with E-state index in [9.17, 15) is 0 Å². The van der Waals surface area contributed by atoms with E-state index < -0.39 is 0 Å². The Kier molecular flexibility index (Phi) is 3.90. The van der Waals surface area contributed by atoms with E-state index in [0.717, 1.165) is 29.2 Å². The first kappa shape index (κ1) is 16.4. The highest BCUT2D eigenvalue weighted by Crippen LogP contribution is 2.57. The highest BCUT2D eigenvalue weighted by molar-refractivity contribution is 7.65. The van der Waals surface area contributed by atoms with Crippen LogP contribution in [0.25, 0.3) is 11.1 Å². The molecule has 136 valence electrons. The number of fused-ring (bicyclic) bond motifs is 1. The molecule has 3 nitrogen and oxygen atoms in total. The average Bonchev–Trinajstić information content (AvgIpc) is 3.58. The van der Waals surface area contributed by atoms with E-state index in [1.165, 1.54) is 47.7 Å². The van der Waals surface area contributed by atoms with Crippen LogP contribution in [-0.4, -0.2) is 27.2 Å². The molecule has 4 heteroatoms. The number of hydrogen-bond donors (Lipinski definition) is 0. The van der Waals surface area contributed by atoms with Crippen LogP contribution in [0.15, 0.2) is 24.3 Å². The maximum atomic E-state index is 6.01. The molecule has 0 saturated heterocycles. The van der Waals surface area contributed by atoms with Crippen molar-refractivity contribution >= 4 is 13.2 Å². The van der Waals surface area contributed by atoms with Gasteiger partial charge in [-0.25, -0.2) is 0 Å². The smallest absolute Gasteiger partial charge is 0.133 e. The normalized spacial score (nSPS) is 21.3. The summed E-state index contributed by atoms with van der Waals surface area (Å²) in [4.78, 5) is 0. The molecule has 2 fully saturated rings. The summed E-state index contributed by atoms with van der Waals surface area (Å²) in [6.07, 6.45) is 5.88. The fourth-order valence-corrected chi connectivity index (χ4v) is 5.81. The first-order valence-corrected chi connectivity index (χ1v) is 11.5. The summed E-state index contributed by atoms with van der Waals surface area (Å²) < 4.78 is 18.0. The van der Waals surface area contributed by atoms with Crippen LogP contribution >= 0.6 is 7.92 Å². The molecule has 0 spiro atoms. The van der Waals surface area contributed by atoms with Crippen molar-refractivity contribution in [2.45, 2.75) is 37.5 Å². The van der Waals surface area contributed by atoms with Crippen LogP contribution in [0.5, 0.6) is 17.2 Å². The standard InChI is InChI=1S/C22H25O3P/c1-23-20-16(13-7-8-13)11-17(14-9-10-14)21(24-2)19(20)15-5-4-6-18-22(15)26(3)12-25-18/h4-6,11,13-14H,7-10,12H2,1-3H3/t26-/m0/s1. The fraction of sp³-hybridized carbons (Fsp3) is 0.455. The lowest BCUT2D eigenvalue weighted by Crippen LogP contribution is -2.07. The minimum Gasteiger partial charge on any atom is -0.496 e. The summed E-state index contributed by atoms with van der Waals surface area (Å²) in [6, 6.07) is 8.79. The molecule has 0 bridgehead atoms. The van der Waals surface area contributed by atoms with Crippen molar-refractivity contribution in [1.82, 2.24) is 0 Å². The third-order valence-electron chi connectivity index (χ3n) is 5.80. The molecule has 2 aromatic rings. The van der Waals surface area contributed by atoms with Gasteiger partial charge in [0.1, 0.15) is 23.6 Å². The second kappa shape index (κ2) is 6.16. The van der Waals surface area contributed by atoms with E-state index in [1.807, 2.05) is 0 Å². The van der Waals surface area contributed by atoms with Gasteiger partial charge in [-0.15, -0.1) is 0 Å². The molecule has 26 heavy (non-hydrogen) atoms. The number of hydrogen-bond acceptors (Lipinski definition) is 3. The van der Waals surface area contributed by atoms with Crippen LogP contribution in [0.2, 0.25) is 0 Å². The molecule has 0 amide bonds. The van der Waals surface area contributed by atoms with E-state index >= 15 is 0 Å². The molecule has 1 aliphatic heterocycles. The number of benzene rings is 2. The number of ether oxygens (including phenoxy) is 3. The second-order valence-electron chi connectivity index (χ2n) is 7.67. The van der Waals surface area contributed by atoms with Gasteiger partial charge in [0, 0.05) is 10.9 Å². The summed E-state index contributed by atoms with van der Waals surface area (Å²) in [5.41, 5.74) is 5.15. The predicted molar refractivity (Wildman–Crippen MR) is 107 cm³/mol. The topological polar surface area (TPSA) is 27.7 Å². The van der Waals surface area contributed by atoms with Gasteiger partial charge in [0.2, 0.25) is 0 Å². The summed E-state index contributed by atoms with van der Waals surface area (Å²) in [7, 11) is 3.29. The molecule has 0 aromatic heterocycles. The van der Waals surface area contributed by atoms with Crippen molar-refractivity contribution in [1.29, 1.82) is 0 Å². The van der Waals surface area contributed by atoms with Crippen LogP contribution in [0.3, 0.4) is 0 Å². The average molecular weight is 368 g/mol. The highest BCUT2D eigenvalue weighted by Gasteiger charge is 2.37. The van der Waals surface area contributed by atoms with Gasteiger partial charge in [-0.05, 0) is 75.4 Å². The lowest BCUT2D eigenvalue weighted by atomic mass is 9.92. The zero-order chi connectivity index (χ0) is 17.8. The zero-order valence-electron chi connectivity index (χ0n) is 15.7. The van der Waals surface area contributed by atoms with Crippen molar-refractivity contribution in [3.8, 4) is 28.4 Å². The monoisotopic (exact) mass is 368 g/mol. The number of methoxy groups -OCH3 is 2. The quantitative estimate of drug-likeness (QED) is 0.678. The summed E-state index contributed by atoms with van der Waals surface area (Å²) >= 11 is 0. The number of rotatable bonds is 5. The third-order valence-corrected chi connectivity index (χ3v) is 7.54.